The van der Waals surface area contributed by atoms with Gasteiger partial charge in [-0.25, -0.2) is 4.68 Å². The van der Waals surface area contributed by atoms with E-state index < -0.39 is 6.04 Å². The number of para-hydroxylation sites is 2. The Bertz CT molecular complexity index is 1360. The number of allylic oxidation sites excluding steroid dienone is 1. The predicted molar refractivity (Wildman–Crippen MR) is 132 cm³/mol. The number of carbonyl (C=O) groups is 1. The molecule has 0 fully saturated rings. The van der Waals surface area contributed by atoms with Gasteiger partial charge in [-0.1, -0.05) is 36.4 Å². The molecule has 1 amide bonds. The first-order valence-electron chi connectivity index (χ1n) is 10.7. The lowest BCUT2D eigenvalue weighted by Crippen LogP contribution is -2.31. The molecule has 1 aliphatic rings. The number of methoxy groups -OCH3 is 2. The van der Waals surface area contributed by atoms with Crippen LogP contribution in [-0.4, -0.2) is 34.9 Å². The first-order valence-corrected chi connectivity index (χ1v) is 11.5. The molecule has 2 N–H and O–H groups in total. The van der Waals surface area contributed by atoms with Gasteiger partial charge in [0.15, 0.2) is 17.3 Å². The first-order chi connectivity index (χ1) is 16.6. The van der Waals surface area contributed by atoms with Gasteiger partial charge >= 0.3 is 0 Å². The van der Waals surface area contributed by atoms with Crippen LogP contribution in [0.25, 0.3) is 10.7 Å². The molecular formula is C25H23N5O3S. The molecule has 2 aromatic heterocycles. The number of amides is 1. The van der Waals surface area contributed by atoms with Crippen LogP contribution in [0.1, 0.15) is 18.5 Å². The van der Waals surface area contributed by atoms with Gasteiger partial charge in [-0.2, -0.15) is 4.98 Å². The van der Waals surface area contributed by atoms with Crippen molar-refractivity contribution in [3.8, 4) is 22.2 Å². The Morgan fingerprint density at radius 3 is 2.59 bits per heavy atom. The lowest BCUT2D eigenvalue weighted by atomic mass is 9.94. The number of nitrogens with zero attached hydrogens (tertiary/aromatic N) is 3. The summed E-state index contributed by atoms with van der Waals surface area (Å²) in [5, 5.41) is 13.0. The topological polar surface area (TPSA) is 90.3 Å². The highest BCUT2D eigenvalue weighted by atomic mass is 32.1. The molecule has 8 nitrogen and oxygen atoms in total. The average molecular weight is 474 g/mol. The van der Waals surface area contributed by atoms with E-state index in [2.05, 4.69) is 10.6 Å². The van der Waals surface area contributed by atoms with Crippen molar-refractivity contribution in [2.45, 2.75) is 13.0 Å². The summed E-state index contributed by atoms with van der Waals surface area (Å²) in [6, 6.07) is 18.3. The Morgan fingerprint density at radius 1 is 1.06 bits per heavy atom. The van der Waals surface area contributed by atoms with E-state index in [0.717, 1.165) is 10.4 Å². The van der Waals surface area contributed by atoms with E-state index in [1.54, 1.807) is 30.2 Å². The minimum atomic E-state index is -0.591. The summed E-state index contributed by atoms with van der Waals surface area (Å²) in [5.74, 6) is 1.99. The third-order valence-electron chi connectivity index (χ3n) is 5.60. The van der Waals surface area contributed by atoms with E-state index in [4.69, 9.17) is 19.6 Å². The fourth-order valence-corrected chi connectivity index (χ4v) is 4.74. The second-order valence-corrected chi connectivity index (χ2v) is 8.60. The van der Waals surface area contributed by atoms with Crippen molar-refractivity contribution in [1.82, 2.24) is 14.8 Å². The lowest BCUT2D eigenvalue weighted by molar-refractivity contribution is -0.113. The van der Waals surface area contributed by atoms with Crippen molar-refractivity contribution in [3.63, 3.8) is 0 Å². The van der Waals surface area contributed by atoms with E-state index in [1.165, 1.54) is 0 Å². The molecule has 3 heterocycles. The van der Waals surface area contributed by atoms with E-state index in [9.17, 15) is 4.79 Å². The molecule has 9 heteroatoms. The number of carbonyl (C=O) groups excluding carboxylic acids is 1. The fourth-order valence-electron chi connectivity index (χ4n) is 4.09. The van der Waals surface area contributed by atoms with Gasteiger partial charge in [0.2, 0.25) is 5.95 Å². The molecule has 0 radical (unpaired) electrons. The molecule has 0 spiro atoms. The smallest absolute Gasteiger partial charge is 0.255 e. The number of anilines is 2. The van der Waals surface area contributed by atoms with E-state index in [-0.39, 0.29) is 5.91 Å². The molecule has 1 aliphatic heterocycles. The van der Waals surface area contributed by atoms with Crippen molar-refractivity contribution in [1.29, 1.82) is 0 Å². The Kier molecular flexibility index (Phi) is 5.77. The number of ether oxygens (including phenoxy) is 2. The SMILES string of the molecule is COc1cccc(C2C(C(=O)Nc3ccccc3)=C(C)Nc3nc(-c4cccs4)nn32)c1OC. The molecule has 0 saturated heterocycles. The van der Waals surface area contributed by atoms with E-state index in [1.807, 2.05) is 73.0 Å². The Hall–Kier alpha value is -4.11. The van der Waals surface area contributed by atoms with Crippen LogP contribution in [-0.2, 0) is 4.79 Å². The number of benzene rings is 2. The van der Waals surface area contributed by atoms with Gasteiger partial charge in [0.1, 0.15) is 6.04 Å². The van der Waals surface area contributed by atoms with Crippen LogP contribution in [0, 0.1) is 0 Å². The molecule has 0 aliphatic carbocycles. The summed E-state index contributed by atoms with van der Waals surface area (Å²) < 4.78 is 13.0. The molecule has 2 aromatic carbocycles. The van der Waals surface area contributed by atoms with Crippen molar-refractivity contribution in [2.75, 3.05) is 24.9 Å². The molecule has 1 unspecified atom stereocenters. The maximum Gasteiger partial charge on any atom is 0.255 e. The van der Waals surface area contributed by atoms with Crippen molar-refractivity contribution < 1.29 is 14.3 Å². The highest BCUT2D eigenvalue weighted by Gasteiger charge is 2.37. The predicted octanol–water partition coefficient (Wildman–Crippen LogP) is 4.95. The minimum absolute atomic E-state index is 0.245. The van der Waals surface area contributed by atoms with Gasteiger partial charge < -0.3 is 20.1 Å². The zero-order chi connectivity index (χ0) is 23.7. The van der Waals surface area contributed by atoms with Crippen LogP contribution < -0.4 is 20.1 Å². The number of nitrogens with one attached hydrogen (secondary N) is 2. The maximum absolute atomic E-state index is 13.6. The van der Waals surface area contributed by atoms with Crippen LogP contribution in [0.4, 0.5) is 11.6 Å². The van der Waals surface area contributed by atoms with Crippen molar-refractivity contribution in [2.24, 2.45) is 0 Å². The highest BCUT2D eigenvalue weighted by molar-refractivity contribution is 7.13. The normalized spacial score (nSPS) is 14.9. The van der Waals surface area contributed by atoms with Crippen LogP contribution in [0.15, 0.2) is 77.3 Å². The minimum Gasteiger partial charge on any atom is -0.493 e. The van der Waals surface area contributed by atoms with Gasteiger partial charge in [0.05, 0.1) is 24.7 Å². The number of thiophene rings is 1. The zero-order valence-electron chi connectivity index (χ0n) is 18.9. The van der Waals surface area contributed by atoms with Gasteiger partial charge in [-0.15, -0.1) is 16.4 Å². The molecule has 4 aromatic rings. The monoisotopic (exact) mass is 473 g/mol. The molecule has 0 bridgehead atoms. The van der Waals surface area contributed by atoms with Gasteiger partial charge in [0.25, 0.3) is 5.91 Å². The van der Waals surface area contributed by atoms with Crippen LogP contribution in [0.5, 0.6) is 11.5 Å². The maximum atomic E-state index is 13.6. The Labute approximate surface area is 200 Å². The number of aromatic nitrogens is 3. The first kappa shape index (κ1) is 21.7. The third-order valence-corrected chi connectivity index (χ3v) is 6.46. The molecule has 5 rings (SSSR count). The van der Waals surface area contributed by atoms with Gasteiger partial charge in [0, 0.05) is 16.9 Å². The number of rotatable bonds is 6. The lowest BCUT2D eigenvalue weighted by Gasteiger charge is -2.30. The second-order valence-electron chi connectivity index (χ2n) is 7.65. The number of fused-ring (bicyclic) bond motifs is 1. The molecule has 172 valence electrons. The standard InChI is InChI=1S/C25H23N5O3S/c1-15-20(24(31)27-16-9-5-4-6-10-16)21(17-11-7-12-18(32-2)22(17)33-3)30-25(26-15)28-23(29-30)19-13-8-14-34-19/h4-14,21H,1-3H3,(H,27,31)(H,26,28,29). The number of hydrogen-bond donors (Lipinski definition) is 2. The average Bonchev–Trinajstić information content (AvgIpc) is 3.53. The van der Waals surface area contributed by atoms with Crippen molar-refractivity contribution in [3.05, 3.63) is 82.9 Å². The Balaban J connectivity index is 1.67. The van der Waals surface area contributed by atoms with E-state index >= 15 is 0 Å². The van der Waals surface area contributed by atoms with Crippen molar-refractivity contribution >= 4 is 28.9 Å². The summed E-state index contributed by atoms with van der Waals surface area (Å²) in [5.41, 5.74) is 2.63. The molecule has 34 heavy (non-hydrogen) atoms. The largest absolute Gasteiger partial charge is 0.493 e. The highest BCUT2D eigenvalue weighted by Crippen LogP contribution is 2.43. The fraction of sp³-hybridized carbons (Fsp3) is 0.160. The summed E-state index contributed by atoms with van der Waals surface area (Å²) in [6.45, 7) is 1.86. The molecule has 1 atom stereocenters. The van der Waals surface area contributed by atoms with Gasteiger partial charge in [-0.3, -0.25) is 4.79 Å². The van der Waals surface area contributed by atoms with E-state index in [0.29, 0.717) is 40.2 Å². The van der Waals surface area contributed by atoms with Gasteiger partial charge in [-0.05, 0) is 36.6 Å². The summed E-state index contributed by atoms with van der Waals surface area (Å²) in [6.07, 6.45) is 0. The molecular weight excluding hydrogens is 450 g/mol. The zero-order valence-corrected chi connectivity index (χ0v) is 19.7. The van der Waals surface area contributed by atoms with Crippen LogP contribution in [0.3, 0.4) is 0 Å². The quantitative estimate of drug-likeness (QED) is 0.412. The van der Waals surface area contributed by atoms with Crippen LogP contribution in [0.2, 0.25) is 0 Å². The summed E-state index contributed by atoms with van der Waals surface area (Å²) >= 11 is 1.56. The summed E-state index contributed by atoms with van der Waals surface area (Å²) in [4.78, 5) is 19.3. The van der Waals surface area contributed by atoms with Crippen LogP contribution >= 0.6 is 11.3 Å². The summed E-state index contributed by atoms with van der Waals surface area (Å²) in [7, 11) is 3.17. The second kappa shape index (κ2) is 9.03. The Morgan fingerprint density at radius 2 is 1.88 bits per heavy atom. The number of hydrogen-bond acceptors (Lipinski definition) is 7. The molecule has 0 saturated carbocycles. The third kappa shape index (κ3) is 3.80.